The monoisotopic (exact) mass is 256 g/mol. The highest BCUT2D eigenvalue weighted by atomic mass is 19.4. The smallest absolute Gasteiger partial charge is 0.423 e. The quantitative estimate of drug-likeness (QED) is 0.772. The van der Waals surface area contributed by atoms with E-state index in [9.17, 15) is 13.2 Å². The van der Waals surface area contributed by atoms with Crippen LogP contribution in [-0.2, 0) is 6.18 Å². The average Bonchev–Trinajstić information content (AvgIpc) is 2.80. The first kappa shape index (κ1) is 12.7. The summed E-state index contributed by atoms with van der Waals surface area (Å²) in [6.07, 6.45) is -0.626. The molecule has 8 heteroatoms. The van der Waals surface area contributed by atoms with Crippen molar-refractivity contribution in [1.82, 2.24) is 9.55 Å². The molecule has 2 rings (SSSR count). The number of benzene rings is 1. The lowest BCUT2D eigenvalue weighted by Crippen LogP contribution is -2.31. The van der Waals surface area contributed by atoms with Gasteiger partial charge in [-0.2, -0.15) is 13.2 Å². The van der Waals surface area contributed by atoms with Crippen LogP contribution in [-0.4, -0.2) is 26.7 Å². The fourth-order valence-electron chi connectivity index (χ4n) is 1.57. The molecule has 0 unspecified atom stereocenters. The molecule has 2 N–H and O–H groups in total. The predicted octanol–water partition coefficient (Wildman–Crippen LogP) is 0.571. The van der Waals surface area contributed by atoms with Gasteiger partial charge in [0.05, 0.1) is 17.6 Å². The number of hydrogen-bond donors (Lipinski definition) is 2. The van der Waals surface area contributed by atoms with Crippen molar-refractivity contribution in [2.24, 2.45) is 0 Å². The fourth-order valence-corrected chi connectivity index (χ4v) is 1.57. The molecule has 0 amide bonds. The van der Waals surface area contributed by atoms with Crippen LogP contribution in [0.1, 0.15) is 5.56 Å². The van der Waals surface area contributed by atoms with Gasteiger partial charge >= 0.3 is 13.3 Å². The van der Waals surface area contributed by atoms with Crippen LogP contribution in [0.3, 0.4) is 0 Å². The summed E-state index contributed by atoms with van der Waals surface area (Å²) in [5, 5.41) is 17.8. The van der Waals surface area contributed by atoms with E-state index in [-0.39, 0.29) is 11.2 Å². The Kier molecular flexibility index (Phi) is 3.14. The zero-order valence-electron chi connectivity index (χ0n) is 8.96. The van der Waals surface area contributed by atoms with Crippen molar-refractivity contribution in [3.63, 3.8) is 0 Å². The molecule has 0 fully saturated rings. The van der Waals surface area contributed by atoms with Crippen LogP contribution in [0.2, 0.25) is 0 Å². The highest BCUT2D eigenvalue weighted by Crippen LogP contribution is 2.33. The van der Waals surface area contributed by atoms with Gasteiger partial charge in [0, 0.05) is 12.4 Å². The van der Waals surface area contributed by atoms with Crippen LogP contribution >= 0.6 is 0 Å². The fraction of sp³-hybridized carbons (Fsp3) is 0.100. The molecule has 0 spiro atoms. The van der Waals surface area contributed by atoms with E-state index in [1.807, 2.05) is 0 Å². The molecule has 1 heterocycles. The second-order valence-corrected chi connectivity index (χ2v) is 3.62. The number of imidazole rings is 1. The summed E-state index contributed by atoms with van der Waals surface area (Å²) >= 11 is 0. The molecule has 0 aliphatic heterocycles. The van der Waals surface area contributed by atoms with E-state index in [4.69, 9.17) is 10.0 Å². The molecule has 0 radical (unpaired) electrons. The normalized spacial score (nSPS) is 11.6. The van der Waals surface area contributed by atoms with Crippen LogP contribution in [0, 0.1) is 0 Å². The lowest BCUT2D eigenvalue weighted by atomic mass is 9.79. The average molecular weight is 256 g/mol. The zero-order chi connectivity index (χ0) is 13.3. The van der Waals surface area contributed by atoms with Crippen molar-refractivity contribution >= 4 is 12.6 Å². The molecule has 0 saturated carbocycles. The highest BCUT2D eigenvalue weighted by Gasteiger charge is 2.35. The maximum Gasteiger partial charge on any atom is 0.488 e. The molecule has 0 aliphatic carbocycles. The van der Waals surface area contributed by atoms with Crippen molar-refractivity contribution in [2.45, 2.75) is 6.18 Å². The number of rotatable bonds is 2. The molecule has 1 aromatic carbocycles. The van der Waals surface area contributed by atoms with Crippen molar-refractivity contribution in [1.29, 1.82) is 0 Å². The standard InChI is InChI=1S/C10H8BF3N2O2/c12-10(13,14)8-5-7(11(17)18)1-2-9(8)16-4-3-15-6-16/h1-6,17-18H. The Labute approximate surface area is 100 Å². The van der Waals surface area contributed by atoms with Gasteiger partial charge in [-0.3, -0.25) is 0 Å². The molecule has 0 saturated heterocycles. The molecule has 0 bridgehead atoms. The summed E-state index contributed by atoms with van der Waals surface area (Å²) in [7, 11) is -1.94. The number of hydrogen-bond acceptors (Lipinski definition) is 3. The van der Waals surface area contributed by atoms with E-state index in [1.54, 1.807) is 0 Å². The number of halogens is 3. The molecule has 2 aromatic rings. The van der Waals surface area contributed by atoms with Gasteiger partial charge in [-0.05, 0) is 17.6 Å². The number of nitrogens with zero attached hydrogens (tertiary/aromatic N) is 2. The third kappa shape index (κ3) is 2.39. The van der Waals surface area contributed by atoms with E-state index in [0.29, 0.717) is 6.07 Å². The summed E-state index contributed by atoms with van der Waals surface area (Å²) < 4.78 is 39.9. The van der Waals surface area contributed by atoms with Gasteiger partial charge < -0.3 is 14.6 Å². The Morgan fingerprint density at radius 1 is 1.22 bits per heavy atom. The van der Waals surface area contributed by atoms with Crippen molar-refractivity contribution in [2.75, 3.05) is 0 Å². The van der Waals surface area contributed by atoms with Crippen molar-refractivity contribution in [3.8, 4) is 5.69 Å². The summed E-state index contributed by atoms with van der Waals surface area (Å²) in [5.74, 6) is 0. The summed E-state index contributed by atoms with van der Waals surface area (Å²) in [6, 6.07) is 3.09. The van der Waals surface area contributed by atoms with Crippen molar-refractivity contribution in [3.05, 3.63) is 42.5 Å². The molecular formula is C10H8BF3N2O2. The molecular weight excluding hydrogens is 248 g/mol. The predicted molar refractivity (Wildman–Crippen MR) is 58.4 cm³/mol. The van der Waals surface area contributed by atoms with E-state index in [2.05, 4.69) is 4.98 Å². The van der Waals surface area contributed by atoms with Crippen LogP contribution < -0.4 is 5.46 Å². The van der Waals surface area contributed by atoms with Crippen LogP contribution in [0.25, 0.3) is 5.69 Å². The summed E-state index contributed by atoms with van der Waals surface area (Å²) in [6.45, 7) is 0. The first-order valence-electron chi connectivity index (χ1n) is 4.95. The zero-order valence-corrected chi connectivity index (χ0v) is 8.96. The van der Waals surface area contributed by atoms with Crippen LogP contribution in [0.15, 0.2) is 36.9 Å². The van der Waals surface area contributed by atoms with Gasteiger partial charge in [0.2, 0.25) is 0 Å². The van der Waals surface area contributed by atoms with Gasteiger partial charge in [-0.15, -0.1) is 0 Å². The minimum absolute atomic E-state index is 0.121. The van der Waals surface area contributed by atoms with Gasteiger partial charge in [0.1, 0.15) is 0 Å². The van der Waals surface area contributed by atoms with Gasteiger partial charge in [0.15, 0.2) is 0 Å². The van der Waals surface area contributed by atoms with E-state index in [1.165, 1.54) is 35.4 Å². The maximum atomic E-state index is 12.9. The minimum atomic E-state index is -4.59. The SMILES string of the molecule is OB(O)c1ccc(-n2ccnc2)c(C(F)(F)F)c1. The second-order valence-electron chi connectivity index (χ2n) is 3.62. The molecule has 1 aromatic heterocycles. The Balaban J connectivity index is 2.60. The third-order valence-corrected chi connectivity index (χ3v) is 2.41. The summed E-state index contributed by atoms with van der Waals surface area (Å²) in [5.41, 5.74) is -1.29. The van der Waals surface area contributed by atoms with E-state index < -0.39 is 18.9 Å². The Morgan fingerprint density at radius 2 is 1.94 bits per heavy atom. The Hall–Kier alpha value is -1.80. The molecule has 4 nitrogen and oxygen atoms in total. The Morgan fingerprint density at radius 3 is 2.44 bits per heavy atom. The van der Waals surface area contributed by atoms with Crippen LogP contribution in [0.5, 0.6) is 0 Å². The lowest BCUT2D eigenvalue weighted by Gasteiger charge is -2.14. The third-order valence-electron chi connectivity index (χ3n) is 2.41. The van der Waals surface area contributed by atoms with E-state index in [0.717, 1.165) is 0 Å². The summed E-state index contributed by atoms with van der Waals surface area (Å²) in [4.78, 5) is 3.68. The first-order chi connectivity index (χ1) is 8.39. The van der Waals surface area contributed by atoms with Gasteiger partial charge in [0.25, 0.3) is 0 Å². The Bertz CT molecular complexity index is 541. The minimum Gasteiger partial charge on any atom is -0.423 e. The largest absolute Gasteiger partial charge is 0.488 e. The van der Waals surface area contributed by atoms with Gasteiger partial charge in [-0.1, -0.05) is 6.07 Å². The molecule has 94 valence electrons. The molecule has 18 heavy (non-hydrogen) atoms. The van der Waals surface area contributed by atoms with E-state index >= 15 is 0 Å². The van der Waals surface area contributed by atoms with Crippen molar-refractivity contribution < 1.29 is 23.2 Å². The maximum absolute atomic E-state index is 12.9. The second kappa shape index (κ2) is 4.47. The lowest BCUT2D eigenvalue weighted by molar-refractivity contribution is -0.137. The number of alkyl halides is 3. The number of aromatic nitrogens is 2. The first-order valence-corrected chi connectivity index (χ1v) is 4.95. The van der Waals surface area contributed by atoms with Crippen LogP contribution in [0.4, 0.5) is 13.2 Å². The van der Waals surface area contributed by atoms with Gasteiger partial charge in [-0.25, -0.2) is 4.98 Å². The topological polar surface area (TPSA) is 58.3 Å². The highest BCUT2D eigenvalue weighted by molar-refractivity contribution is 6.58. The molecule has 0 aliphatic rings. The molecule has 0 atom stereocenters.